The van der Waals surface area contributed by atoms with E-state index in [0.29, 0.717) is 13.1 Å². The van der Waals surface area contributed by atoms with E-state index in [1.165, 1.54) is 12.8 Å². The van der Waals surface area contributed by atoms with Crippen molar-refractivity contribution in [1.29, 1.82) is 0 Å². The fourth-order valence-electron chi connectivity index (χ4n) is 1.50. The van der Waals surface area contributed by atoms with Crippen LogP contribution in [0.4, 0.5) is 0 Å². The topological polar surface area (TPSA) is 58.4 Å². The standard InChI is InChI=1S/C11H23N3O/c1-2-14(7-3-6-12)9-11(15)13-8-10-4-5-10/h10H,2-9,12H2,1H3,(H,13,15). The largest absolute Gasteiger partial charge is 0.355 e. The average Bonchev–Trinajstić information content (AvgIpc) is 3.05. The van der Waals surface area contributed by atoms with E-state index in [-0.39, 0.29) is 5.91 Å². The number of carbonyl (C=O) groups is 1. The van der Waals surface area contributed by atoms with Crippen LogP contribution >= 0.6 is 0 Å². The minimum Gasteiger partial charge on any atom is -0.355 e. The summed E-state index contributed by atoms with van der Waals surface area (Å²) in [7, 11) is 0. The molecule has 0 bridgehead atoms. The van der Waals surface area contributed by atoms with E-state index in [1.54, 1.807) is 0 Å². The summed E-state index contributed by atoms with van der Waals surface area (Å²) in [5, 5.41) is 2.97. The molecular weight excluding hydrogens is 190 g/mol. The normalized spacial score (nSPS) is 15.7. The number of nitrogens with one attached hydrogen (secondary N) is 1. The molecule has 0 radical (unpaired) electrons. The van der Waals surface area contributed by atoms with E-state index >= 15 is 0 Å². The van der Waals surface area contributed by atoms with Crippen molar-refractivity contribution in [2.45, 2.75) is 26.2 Å². The van der Waals surface area contributed by atoms with Crippen LogP contribution in [-0.4, -0.2) is 43.5 Å². The fourth-order valence-corrected chi connectivity index (χ4v) is 1.50. The van der Waals surface area contributed by atoms with Crippen LogP contribution in [0.25, 0.3) is 0 Å². The van der Waals surface area contributed by atoms with Gasteiger partial charge in [-0.15, -0.1) is 0 Å². The molecule has 0 unspecified atom stereocenters. The van der Waals surface area contributed by atoms with Crippen molar-refractivity contribution >= 4 is 5.91 Å². The van der Waals surface area contributed by atoms with Crippen molar-refractivity contribution in [1.82, 2.24) is 10.2 Å². The van der Waals surface area contributed by atoms with Gasteiger partial charge < -0.3 is 11.1 Å². The Morgan fingerprint density at radius 3 is 2.80 bits per heavy atom. The third-order valence-electron chi connectivity index (χ3n) is 2.78. The Hall–Kier alpha value is -0.610. The van der Waals surface area contributed by atoms with E-state index < -0.39 is 0 Å². The maximum Gasteiger partial charge on any atom is 0.234 e. The van der Waals surface area contributed by atoms with Crippen LogP contribution in [0.1, 0.15) is 26.2 Å². The summed E-state index contributed by atoms with van der Waals surface area (Å²) in [5.74, 6) is 0.911. The van der Waals surface area contributed by atoms with Gasteiger partial charge in [0.1, 0.15) is 0 Å². The van der Waals surface area contributed by atoms with Gasteiger partial charge in [-0.1, -0.05) is 6.92 Å². The number of rotatable bonds is 8. The van der Waals surface area contributed by atoms with Gasteiger partial charge >= 0.3 is 0 Å². The summed E-state index contributed by atoms with van der Waals surface area (Å²) in [6, 6.07) is 0. The fraction of sp³-hybridized carbons (Fsp3) is 0.909. The van der Waals surface area contributed by atoms with Gasteiger partial charge in [0.2, 0.25) is 5.91 Å². The first kappa shape index (κ1) is 12.5. The number of hydrogen-bond acceptors (Lipinski definition) is 3. The Balaban J connectivity index is 2.08. The summed E-state index contributed by atoms with van der Waals surface area (Å²) in [4.78, 5) is 13.7. The number of hydrogen-bond donors (Lipinski definition) is 2. The lowest BCUT2D eigenvalue weighted by Gasteiger charge is -2.19. The van der Waals surface area contributed by atoms with E-state index in [4.69, 9.17) is 5.73 Å². The highest BCUT2D eigenvalue weighted by Crippen LogP contribution is 2.27. The third kappa shape index (κ3) is 5.74. The average molecular weight is 213 g/mol. The van der Waals surface area contributed by atoms with E-state index in [0.717, 1.165) is 32.0 Å². The molecule has 0 aliphatic heterocycles. The van der Waals surface area contributed by atoms with Crippen molar-refractivity contribution in [3.8, 4) is 0 Å². The van der Waals surface area contributed by atoms with Crippen LogP contribution in [0.3, 0.4) is 0 Å². The Bertz CT molecular complexity index is 192. The highest BCUT2D eigenvalue weighted by Gasteiger charge is 2.21. The smallest absolute Gasteiger partial charge is 0.234 e. The van der Waals surface area contributed by atoms with Crippen LogP contribution < -0.4 is 11.1 Å². The molecule has 88 valence electrons. The number of nitrogens with zero attached hydrogens (tertiary/aromatic N) is 1. The first-order valence-electron chi connectivity index (χ1n) is 5.95. The molecule has 0 aromatic heterocycles. The van der Waals surface area contributed by atoms with Gasteiger partial charge in [0.15, 0.2) is 0 Å². The summed E-state index contributed by atoms with van der Waals surface area (Å²) in [6.45, 7) is 5.99. The Kier molecular flexibility index (Phi) is 5.65. The summed E-state index contributed by atoms with van der Waals surface area (Å²) < 4.78 is 0. The van der Waals surface area contributed by atoms with E-state index in [1.807, 2.05) is 0 Å². The first-order valence-corrected chi connectivity index (χ1v) is 5.95. The van der Waals surface area contributed by atoms with Gasteiger partial charge in [-0.3, -0.25) is 9.69 Å². The van der Waals surface area contributed by atoms with E-state index in [9.17, 15) is 4.79 Å². The maximum absolute atomic E-state index is 11.5. The highest BCUT2D eigenvalue weighted by molar-refractivity contribution is 5.78. The molecule has 1 rings (SSSR count). The Labute approximate surface area is 92.2 Å². The molecule has 1 saturated carbocycles. The van der Waals surface area contributed by atoms with Crippen LogP contribution in [-0.2, 0) is 4.79 Å². The predicted octanol–water partition coefficient (Wildman–Crippen LogP) is 0.183. The molecule has 1 amide bonds. The molecule has 0 spiro atoms. The molecule has 15 heavy (non-hydrogen) atoms. The van der Waals surface area contributed by atoms with Gasteiger partial charge in [-0.25, -0.2) is 0 Å². The minimum absolute atomic E-state index is 0.153. The van der Waals surface area contributed by atoms with Crippen LogP contribution in [0.2, 0.25) is 0 Å². The van der Waals surface area contributed by atoms with Gasteiger partial charge in [-0.2, -0.15) is 0 Å². The second-order valence-corrected chi connectivity index (χ2v) is 4.26. The predicted molar refractivity (Wildman–Crippen MR) is 61.5 cm³/mol. The lowest BCUT2D eigenvalue weighted by molar-refractivity contribution is -0.122. The molecule has 0 aromatic rings. The van der Waals surface area contributed by atoms with Crippen LogP contribution in [0, 0.1) is 5.92 Å². The first-order chi connectivity index (χ1) is 7.26. The van der Waals surface area contributed by atoms with Crippen LogP contribution in [0.5, 0.6) is 0 Å². The molecule has 1 aliphatic rings. The molecule has 1 fully saturated rings. The van der Waals surface area contributed by atoms with Gasteiger partial charge in [0.25, 0.3) is 0 Å². The lowest BCUT2D eigenvalue weighted by atomic mass is 10.3. The van der Waals surface area contributed by atoms with E-state index in [2.05, 4.69) is 17.1 Å². The summed E-state index contributed by atoms with van der Waals surface area (Å²) in [6.07, 6.45) is 3.53. The van der Waals surface area contributed by atoms with Crippen molar-refractivity contribution in [3.63, 3.8) is 0 Å². The second-order valence-electron chi connectivity index (χ2n) is 4.26. The summed E-state index contributed by atoms with van der Waals surface area (Å²) >= 11 is 0. The SMILES string of the molecule is CCN(CCCN)CC(=O)NCC1CC1. The molecule has 0 heterocycles. The monoisotopic (exact) mass is 213 g/mol. The number of amides is 1. The molecular formula is C11H23N3O. The van der Waals surface area contributed by atoms with Crippen molar-refractivity contribution in [3.05, 3.63) is 0 Å². The van der Waals surface area contributed by atoms with Gasteiger partial charge in [0, 0.05) is 6.54 Å². The zero-order valence-corrected chi connectivity index (χ0v) is 9.67. The van der Waals surface area contributed by atoms with Crippen molar-refractivity contribution in [2.24, 2.45) is 11.7 Å². The third-order valence-corrected chi connectivity index (χ3v) is 2.78. The molecule has 4 heteroatoms. The minimum atomic E-state index is 0.153. The summed E-state index contributed by atoms with van der Waals surface area (Å²) in [5.41, 5.74) is 5.44. The number of nitrogens with two attached hydrogens (primary N) is 1. The molecule has 4 nitrogen and oxygen atoms in total. The maximum atomic E-state index is 11.5. The highest BCUT2D eigenvalue weighted by atomic mass is 16.2. The van der Waals surface area contributed by atoms with Crippen molar-refractivity contribution in [2.75, 3.05) is 32.7 Å². The molecule has 1 aliphatic carbocycles. The quantitative estimate of drug-likeness (QED) is 0.605. The Morgan fingerprint density at radius 1 is 1.53 bits per heavy atom. The second kappa shape index (κ2) is 6.80. The number of carbonyl (C=O) groups excluding carboxylic acids is 1. The molecule has 3 N–H and O–H groups in total. The zero-order chi connectivity index (χ0) is 11.1. The molecule has 0 aromatic carbocycles. The van der Waals surface area contributed by atoms with Crippen molar-refractivity contribution < 1.29 is 4.79 Å². The number of likely N-dealkylation sites (N-methyl/N-ethyl adjacent to an activating group) is 1. The molecule has 0 saturated heterocycles. The zero-order valence-electron chi connectivity index (χ0n) is 9.67. The molecule has 0 atom stereocenters. The Morgan fingerprint density at radius 2 is 2.27 bits per heavy atom. The van der Waals surface area contributed by atoms with Crippen LogP contribution in [0.15, 0.2) is 0 Å². The van der Waals surface area contributed by atoms with Gasteiger partial charge in [-0.05, 0) is 44.8 Å². The van der Waals surface area contributed by atoms with Gasteiger partial charge in [0.05, 0.1) is 6.54 Å². The lowest BCUT2D eigenvalue weighted by Crippen LogP contribution is -2.38.